The molecule has 0 aromatic heterocycles. The zero-order valence-corrected chi connectivity index (χ0v) is 20.1. The number of methoxy groups -OCH3 is 2. The molecule has 6 nitrogen and oxygen atoms in total. The topological polar surface area (TPSA) is 57.2 Å². The van der Waals surface area contributed by atoms with Gasteiger partial charge < -0.3 is 23.8 Å². The van der Waals surface area contributed by atoms with Crippen LogP contribution >= 0.6 is 11.6 Å². The Hall–Kier alpha value is -3.22. The van der Waals surface area contributed by atoms with Crippen LogP contribution in [0.25, 0.3) is 0 Å². The molecule has 3 aromatic rings. The number of hydrogen-bond acceptors (Lipinski definition) is 5. The lowest BCUT2D eigenvalue weighted by Crippen LogP contribution is -2.32. The molecule has 1 heterocycles. The van der Waals surface area contributed by atoms with Crippen LogP contribution in [0.3, 0.4) is 0 Å². The van der Waals surface area contributed by atoms with Crippen LogP contribution in [0.4, 0.5) is 0 Å². The highest BCUT2D eigenvalue weighted by Crippen LogP contribution is 2.31. The van der Waals surface area contributed by atoms with Gasteiger partial charge >= 0.3 is 0 Å². The van der Waals surface area contributed by atoms with Gasteiger partial charge in [-0.15, -0.1) is 0 Å². The molecule has 178 valence electrons. The van der Waals surface area contributed by atoms with Crippen molar-refractivity contribution in [3.05, 3.63) is 87.9 Å². The lowest BCUT2D eigenvalue weighted by Gasteiger charge is -2.20. The second kappa shape index (κ2) is 11.3. The molecular weight excluding hydrogens is 454 g/mol. The van der Waals surface area contributed by atoms with Crippen LogP contribution in [0.15, 0.2) is 60.7 Å². The number of carbonyl (C=O) groups excluding carboxylic acids is 1. The molecule has 0 unspecified atom stereocenters. The second-order valence-corrected chi connectivity index (χ2v) is 8.42. The Morgan fingerprint density at radius 3 is 2.65 bits per heavy atom. The second-order valence-electron chi connectivity index (χ2n) is 7.98. The van der Waals surface area contributed by atoms with Crippen molar-refractivity contribution in [2.24, 2.45) is 0 Å². The first-order valence-corrected chi connectivity index (χ1v) is 11.5. The van der Waals surface area contributed by atoms with Gasteiger partial charge in [0, 0.05) is 28.3 Å². The van der Waals surface area contributed by atoms with E-state index in [1.165, 1.54) is 0 Å². The molecule has 0 bridgehead atoms. The lowest BCUT2D eigenvalue weighted by molar-refractivity contribution is 0.0733. The Morgan fingerprint density at radius 2 is 1.88 bits per heavy atom. The smallest absolute Gasteiger partial charge is 0.254 e. The van der Waals surface area contributed by atoms with Gasteiger partial charge in [-0.3, -0.25) is 4.79 Å². The van der Waals surface area contributed by atoms with Crippen molar-refractivity contribution < 1.29 is 23.7 Å². The molecule has 1 aliphatic rings. The zero-order chi connectivity index (χ0) is 23.9. The molecule has 4 rings (SSSR count). The number of halogens is 1. The van der Waals surface area contributed by atoms with E-state index >= 15 is 0 Å². The molecule has 3 aromatic carbocycles. The molecule has 0 radical (unpaired) electrons. The van der Waals surface area contributed by atoms with Crippen LogP contribution in [0.5, 0.6) is 17.2 Å². The minimum atomic E-state index is -0.0398. The first-order valence-electron chi connectivity index (χ1n) is 11.2. The minimum absolute atomic E-state index is 0.0398. The monoisotopic (exact) mass is 481 g/mol. The number of hydrogen-bond donors (Lipinski definition) is 0. The van der Waals surface area contributed by atoms with Gasteiger partial charge in [-0.25, -0.2) is 0 Å². The Labute approximate surface area is 205 Å². The summed E-state index contributed by atoms with van der Waals surface area (Å²) in [4.78, 5) is 14.8. The predicted octanol–water partition coefficient (Wildman–Crippen LogP) is 5.15. The number of para-hydroxylation sites is 1. The Balaban J connectivity index is 1.38. The Bertz CT molecular complexity index is 1130. The van der Waals surface area contributed by atoms with E-state index in [2.05, 4.69) is 6.07 Å². The fourth-order valence-corrected chi connectivity index (χ4v) is 4.13. The molecule has 0 saturated carbocycles. The molecule has 0 saturated heterocycles. The third-order valence-electron chi connectivity index (χ3n) is 5.75. The fourth-order valence-electron chi connectivity index (χ4n) is 4.01. The standard InChI is InChI=1S/C27H28ClNO5/c1-31-25-5-3-4-20(26(25)32-2)12-14-33-18-19-6-11-24-22(16-19)17-29(13-15-34-24)27(30)21-7-9-23(28)10-8-21/h3-11,16H,12-15,17-18H2,1-2H3. The number of fused-ring (bicyclic) bond motifs is 1. The van der Waals surface area contributed by atoms with Crippen LogP contribution in [0, 0.1) is 0 Å². The van der Waals surface area contributed by atoms with Crippen molar-refractivity contribution in [1.29, 1.82) is 0 Å². The van der Waals surface area contributed by atoms with E-state index in [1.807, 2.05) is 30.3 Å². The maximum absolute atomic E-state index is 13.0. The van der Waals surface area contributed by atoms with Crippen molar-refractivity contribution in [2.45, 2.75) is 19.6 Å². The first-order chi connectivity index (χ1) is 16.6. The summed E-state index contributed by atoms with van der Waals surface area (Å²) in [7, 11) is 3.27. The van der Waals surface area contributed by atoms with Crippen molar-refractivity contribution >= 4 is 17.5 Å². The normalized spacial score (nSPS) is 13.0. The van der Waals surface area contributed by atoms with Crippen LogP contribution in [0.2, 0.25) is 5.02 Å². The average molecular weight is 482 g/mol. The van der Waals surface area contributed by atoms with E-state index in [-0.39, 0.29) is 5.91 Å². The SMILES string of the molecule is COc1cccc(CCOCc2ccc3c(c2)CN(C(=O)c2ccc(Cl)cc2)CCO3)c1OC. The minimum Gasteiger partial charge on any atom is -0.493 e. The highest BCUT2D eigenvalue weighted by molar-refractivity contribution is 6.30. The van der Waals surface area contributed by atoms with Crippen molar-refractivity contribution in [1.82, 2.24) is 4.90 Å². The van der Waals surface area contributed by atoms with Crippen molar-refractivity contribution in [2.75, 3.05) is 34.0 Å². The third-order valence-corrected chi connectivity index (χ3v) is 6.00. The van der Waals surface area contributed by atoms with Crippen molar-refractivity contribution in [3.8, 4) is 17.2 Å². The first kappa shape index (κ1) is 23.9. The van der Waals surface area contributed by atoms with Gasteiger partial charge in [0.2, 0.25) is 0 Å². The van der Waals surface area contributed by atoms with Gasteiger partial charge in [0.1, 0.15) is 12.4 Å². The van der Waals surface area contributed by atoms with Gasteiger partial charge in [-0.05, 0) is 54.4 Å². The van der Waals surface area contributed by atoms with Crippen LogP contribution in [-0.4, -0.2) is 44.8 Å². The van der Waals surface area contributed by atoms with Gasteiger partial charge in [0.15, 0.2) is 11.5 Å². The number of rotatable bonds is 8. The summed E-state index contributed by atoms with van der Waals surface area (Å²) in [5, 5.41) is 0.607. The van der Waals surface area contributed by atoms with E-state index in [4.69, 9.17) is 30.5 Å². The largest absolute Gasteiger partial charge is 0.493 e. The highest BCUT2D eigenvalue weighted by atomic mass is 35.5. The van der Waals surface area contributed by atoms with E-state index < -0.39 is 0 Å². The zero-order valence-electron chi connectivity index (χ0n) is 19.4. The van der Waals surface area contributed by atoms with Gasteiger partial charge in [0.05, 0.1) is 34.0 Å². The van der Waals surface area contributed by atoms with E-state index in [9.17, 15) is 4.79 Å². The maximum atomic E-state index is 13.0. The quantitative estimate of drug-likeness (QED) is 0.416. The summed E-state index contributed by atoms with van der Waals surface area (Å²) in [5.74, 6) is 2.21. The van der Waals surface area contributed by atoms with Crippen LogP contribution in [-0.2, 0) is 24.3 Å². The summed E-state index contributed by atoms with van der Waals surface area (Å²) in [6, 6.07) is 18.8. The van der Waals surface area contributed by atoms with Gasteiger partial charge in [-0.1, -0.05) is 29.8 Å². The number of nitrogens with zero attached hydrogens (tertiary/aromatic N) is 1. The van der Waals surface area contributed by atoms with Crippen LogP contribution < -0.4 is 14.2 Å². The summed E-state index contributed by atoms with van der Waals surface area (Å²) in [6.45, 7) is 2.45. The number of ether oxygens (including phenoxy) is 4. The number of amides is 1. The lowest BCUT2D eigenvalue weighted by atomic mass is 10.1. The van der Waals surface area contributed by atoms with E-state index in [0.29, 0.717) is 55.7 Å². The number of carbonyl (C=O) groups is 1. The Morgan fingerprint density at radius 1 is 1.06 bits per heavy atom. The molecule has 34 heavy (non-hydrogen) atoms. The summed E-state index contributed by atoms with van der Waals surface area (Å²) >= 11 is 5.96. The van der Waals surface area contributed by atoms with E-state index in [0.717, 1.165) is 28.2 Å². The maximum Gasteiger partial charge on any atom is 0.254 e. The predicted molar refractivity (Wildman–Crippen MR) is 131 cm³/mol. The van der Waals surface area contributed by atoms with Gasteiger partial charge in [-0.2, -0.15) is 0 Å². The molecule has 0 fully saturated rings. The Kier molecular flexibility index (Phi) is 7.93. The van der Waals surface area contributed by atoms with Crippen LogP contribution in [0.1, 0.15) is 27.0 Å². The number of benzene rings is 3. The molecule has 1 aliphatic heterocycles. The molecule has 1 amide bonds. The van der Waals surface area contributed by atoms with E-state index in [1.54, 1.807) is 43.4 Å². The molecule has 0 aliphatic carbocycles. The molecule has 0 spiro atoms. The summed E-state index contributed by atoms with van der Waals surface area (Å²) in [5.41, 5.74) is 3.64. The average Bonchev–Trinajstić information content (AvgIpc) is 3.08. The van der Waals surface area contributed by atoms with Crippen molar-refractivity contribution in [3.63, 3.8) is 0 Å². The van der Waals surface area contributed by atoms with Gasteiger partial charge in [0.25, 0.3) is 5.91 Å². The highest BCUT2D eigenvalue weighted by Gasteiger charge is 2.21. The third kappa shape index (κ3) is 5.64. The molecular formula is C27H28ClNO5. The molecule has 0 N–H and O–H groups in total. The fraction of sp³-hybridized carbons (Fsp3) is 0.296. The molecule has 0 atom stereocenters. The summed E-state index contributed by atoms with van der Waals surface area (Å²) in [6.07, 6.45) is 0.706. The summed E-state index contributed by atoms with van der Waals surface area (Å²) < 4.78 is 22.7. The molecule has 7 heteroatoms.